The van der Waals surface area contributed by atoms with Gasteiger partial charge in [-0.2, -0.15) is 0 Å². The standard InChI is InChI=1S/C11H10Br2N2O3/c1-6-10(15-18-14-6)5-17-11-8(12)2-7(4-16)3-9(11)13/h2-3,16H,4-5H2,1H3. The summed E-state index contributed by atoms with van der Waals surface area (Å²) in [6, 6.07) is 3.60. The number of hydrogen-bond donors (Lipinski definition) is 1. The Morgan fingerprint density at radius 3 is 2.44 bits per heavy atom. The van der Waals surface area contributed by atoms with Crippen LogP contribution in [-0.4, -0.2) is 15.4 Å². The largest absolute Gasteiger partial charge is 0.485 e. The fourth-order valence-corrected chi connectivity index (χ4v) is 2.87. The summed E-state index contributed by atoms with van der Waals surface area (Å²) in [6.45, 7) is 2.04. The van der Waals surface area contributed by atoms with Crippen molar-refractivity contribution < 1.29 is 14.5 Å². The van der Waals surface area contributed by atoms with Gasteiger partial charge in [0.15, 0.2) is 0 Å². The number of aromatic nitrogens is 2. The molecule has 0 spiro atoms. The summed E-state index contributed by atoms with van der Waals surface area (Å²) in [7, 11) is 0. The highest BCUT2D eigenvalue weighted by atomic mass is 79.9. The van der Waals surface area contributed by atoms with Crippen molar-refractivity contribution in [1.82, 2.24) is 10.3 Å². The molecular formula is C11H10Br2N2O3. The van der Waals surface area contributed by atoms with Gasteiger partial charge in [0.2, 0.25) is 0 Å². The number of halogens is 2. The van der Waals surface area contributed by atoms with E-state index in [1.165, 1.54) is 0 Å². The summed E-state index contributed by atoms with van der Waals surface area (Å²) in [5, 5.41) is 16.5. The van der Waals surface area contributed by atoms with Crippen LogP contribution in [0.3, 0.4) is 0 Å². The highest BCUT2D eigenvalue weighted by Gasteiger charge is 2.11. The third kappa shape index (κ3) is 2.90. The van der Waals surface area contributed by atoms with Gasteiger partial charge in [0.05, 0.1) is 15.6 Å². The predicted molar refractivity (Wildman–Crippen MR) is 71.1 cm³/mol. The second kappa shape index (κ2) is 5.81. The lowest BCUT2D eigenvalue weighted by molar-refractivity contribution is 0.267. The molecule has 96 valence electrons. The Bertz CT molecular complexity index is 534. The van der Waals surface area contributed by atoms with Crippen molar-refractivity contribution in [3.63, 3.8) is 0 Å². The average Bonchev–Trinajstić information content (AvgIpc) is 2.73. The van der Waals surface area contributed by atoms with Gasteiger partial charge in [-0.05, 0) is 56.5 Å². The van der Waals surface area contributed by atoms with E-state index < -0.39 is 0 Å². The molecule has 1 aromatic heterocycles. The van der Waals surface area contributed by atoms with E-state index in [1.54, 1.807) is 19.1 Å². The van der Waals surface area contributed by atoms with Crippen molar-refractivity contribution in [2.24, 2.45) is 0 Å². The molecule has 2 rings (SSSR count). The lowest BCUT2D eigenvalue weighted by atomic mass is 10.2. The minimum absolute atomic E-state index is 0.0240. The highest BCUT2D eigenvalue weighted by molar-refractivity contribution is 9.11. The van der Waals surface area contributed by atoms with Crippen molar-refractivity contribution in [2.75, 3.05) is 0 Å². The first-order valence-corrected chi connectivity index (χ1v) is 6.70. The number of nitrogens with zero attached hydrogens (tertiary/aromatic N) is 2. The third-order valence-corrected chi connectivity index (χ3v) is 3.52. The first-order chi connectivity index (χ1) is 8.61. The lowest BCUT2D eigenvalue weighted by Gasteiger charge is -2.10. The molecule has 0 fully saturated rings. The van der Waals surface area contributed by atoms with Gasteiger partial charge in [0.25, 0.3) is 0 Å². The fraction of sp³-hybridized carbons (Fsp3) is 0.273. The van der Waals surface area contributed by atoms with Gasteiger partial charge in [-0.25, -0.2) is 4.63 Å². The van der Waals surface area contributed by atoms with Crippen LogP contribution in [0.15, 0.2) is 25.7 Å². The van der Waals surface area contributed by atoms with E-state index in [1.807, 2.05) is 0 Å². The molecule has 0 saturated carbocycles. The summed E-state index contributed by atoms with van der Waals surface area (Å²) < 4.78 is 11.8. The molecule has 0 atom stereocenters. The second-order valence-corrected chi connectivity index (χ2v) is 5.34. The molecular weight excluding hydrogens is 368 g/mol. The Balaban J connectivity index is 2.17. The molecule has 1 aromatic carbocycles. The number of aliphatic hydroxyl groups is 1. The molecule has 0 amide bonds. The van der Waals surface area contributed by atoms with E-state index in [2.05, 4.69) is 46.8 Å². The average molecular weight is 378 g/mol. The van der Waals surface area contributed by atoms with Crippen LogP contribution in [0.5, 0.6) is 5.75 Å². The topological polar surface area (TPSA) is 68.4 Å². The van der Waals surface area contributed by atoms with Crippen LogP contribution in [0.25, 0.3) is 0 Å². The molecule has 2 aromatic rings. The Morgan fingerprint density at radius 1 is 1.28 bits per heavy atom. The first kappa shape index (κ1) is 13.5. The number of aryl methyl sites for hydroxylation is 1. The van der Waals surface area contributed by atoms with Crippen molar-refractivity contribution in [3.8, 4) is 5.75 Å². The molecule has 0 aliphatic heterocycles. The number of benzene rings is 1. The molecule has 0 radical (unpaired) electrons. The number of rotatable bonds is 4. The smallest absolute Gasteiger partial charge is 0.148 e. The molecule has 1 N–H and O–H groups in total. The van der Waals surface area contributed by atoms with E-state index in [-0.39, 0.29) is 13.2 Å². The van der Waals surface area contributed by atoms with Gasteiger partial charge in [-0.1, -0.05) is 10.3 Å². The zero-order valence-corrected chi connectivity index (χ0v) is 12.7. The molecule has 0 saturated heterocycles. The quantitative estimate of drug-likeness (QED) is 0.886. The van der Waals surface area contributed by atoms with Crippen molar-refractivity contribution in [1.29, 1.82) is 0 Å². The molecule has 1 heterocycles. The first-order valence-electron chi connectivity index (χ1n) is 5.11. The fourth-order valence-electron chi connectivity index (χ4n) is 1.36. The monoisotopic (exact) mass is 376 g/mol. The maximum atomic E-state index is 9.08. The predicted octanol–water partition coefficient (Wildman–Crippen LogP) is 2.97. The van der Waals surface area contributed by atoms with Gasteiger partial charge in [0.1, 0.15) is 23.7 Å². The van der Waals surface area contributed by atoms with E-state index >= 15 is 0 Å². The number of hydrogen-bond acceptors (Lipinski definition) is 5. The summed E-state index contributed by atoms with van der Waals surface area (Å²) in [4.78, 5) is 0. The molecule has 7 heteroatoms. The highest BCUT2D eigenvalue weighted by Crippen LogP contribution is 2.35. The Kier molecular flexibility index (Phi) is 4.36. The molecule has 0 aliphatic carbocycles. The minimum Gasteiger partial charge on any atom is -0.485 e. The van der Waals surface area contributed by atoms with E-state index in [0.717, 1.165) is 14.5 Å². The van der Waals surface area contributed by atoms with Gasteiger partial charge in [-0.3, -0.25) is 0 Å². The van der Waals surface area contributed by atoms with Crippen LogP contribution >= 0.6 is 31.9 Å². The Labute approximate surface area is 120 Å². The molecule has 0 aliphatic rings. The minimum atomic E-state index is -0.0240. The SMILES string of the molecule is Cc1nonc1COc1c(Br)cc(CO)cc1Br. The molecule has 18 heavy (non-hydrogen) atoms. The van der Waals surface area contributed by atoms with Gasteiger partial charge >= 0.3 is 0 Å². The Morgan fingerprint density at radius 2 is 1.94 bits per heavy atom. The Hall–Kier alpha value is -0.920. The van der Waals surface area contributed by atoms with Crippen LogP contribution in [0.4, 0.5) is 0 Å². The van der Waals surface area contributed by atoms with Crippen LogP contribution in [0.2, 0.25) is 0 Å². The molecule has 5 nitrogen and oxygen atoms in total. The molecule has 0 unspecified atom stereocenters. The van der Waals surface area contributed by atoms with Crippen molar-refractivity contribution in [3.05, 3.63) is 38.0 Å². The summed E-state index contributed by atoms with van der Waals surface area (Å²) in [5.74, 6) is 0.648. The molecule has 0 bridgehead atoms. The zero-order chi connectivity index (χ0) is 13.1. The van der Waals surface area contributed by atoms with Gasteiger partial charge in [0, 0.05) is 0 Å². The van der Waals surface area contributed by atoms with Crippen molar-refractivity contribution in [2.45, 2.75) is 20.1 Å². The summed E-state index contributed by atoms with van der Waals surface area (Å²) >= 11 is 6.79. The summed E-state index contributed by atoms with van der Waals surface area (Å²) in [5.41, 5.74) is 2.15. The van der Waals surface area contributed by atoms with Gasteiger partial charge < -0.3 is 9.84 Å². The summed E-state index contributed by atoms with van der Waals surface area (Å²) in [6.07, 6.45) is 0. The lowest BCUT2D eigenvalue weighted by Crippen LogP contribution is -1.99. The van der Waals surface area contributed by atoms with E-state index in [9.17, 15) is 0 Å². The number of ether oxygens (including phenoxy) is 1. The van der Waals surface area contributed by atoms with Crippen molar-refractivity contribution >= 4 is 31.9 Å². The van der Waals surface area contributed by atoms with Crippen LogP contribution in [0, 0.1) is 6.92 Å². The number of aliphatic hydroxyl groups excluding tert-OH is 1. The van der Waals surface area contributed by atoms with Gasteiger partial charge in [-0.15, -0.1) is 0 Å². The zero-order valence-electron chi connectivity index (χ0n) is 9.48. The normalized spacial score (nSPS) is 10.7. The maximum Gasteiger partial charge on any atom is 0.148 e. The van der Waals surface area contributed by atoms with Crippen LogP contribution in [-0.2, 0) is 13.2 Å². The third-order valence-electron chi connectivity index (χ3n) is 2.34. The van der Waals surface area contributed by atoms with E-state index in [4.69, 9.17) is 9.84 Å². The van der Waals surface area contributed by atoms with E-state index in [0.29, 0.717) is 17.1 Å². The van der Waals surface area contributed by atoms with Crippen LogP contribution in [0.1, 0.15) is 17.0 Å². The second-order valence-electron chi connectivity index (χ2n) is 3.63. The maximum absolute atomic E-state index is 9.08. The van der Waals surface area contributed by atoms with Crippen LogP contribution < -0.4 is 4.74 Å².